The molecule has 82 valence electrons. The van der Waals surface area contributed by atoms with Gasteiger partial charge in [0.1, 0.15) is 10.8 Å². The van der Waals surface area contributed by atoms with Crippen LogP contribution < -0.4 is 4.74 Å². The van der Waals surface area contributed by atoms with Crippen molar-refractivity contribution in [3.8, 4) is 5.75 Å². The molecule has 0 aliphatic rings. The Balaban J connectivity index is 2.71. The van der Waals surface area contributed by atoms with Crippen LogP contribution in [0.25, 0.3) is 10.8 Å². The molecule has 5 heteroatoms. The van der Waals surface area contributed by atoms with E-state index in [0.29, 0.717) is 11.1 Å². The van der Waals surface area contributed by atoms with Crippen molar-refractivity contribution in [1.29, 1.82) is 0 Å². The van der Waals surface area contributed by atoms with Crippen LogP contribution in [0.4, 0.5) is 5.69 Å². The summed E-state index contributed by atoms with van der Waals surface area (Å²) in [6.45, 7) is 0. The van der Waals surface area contributed by atoms with Crippen molar-refractivity contribution in [3.05, 3.63) is 45.5 Å². The third-order valence-corrected chi connectivity index (χ3v) is 2.73. The molecule has 0 amide bonds. The summed E-state index contributed by atoms with van der Waals surface area (Å²) >= 11 is 5.95. The van der Waals surface area contributed by atoms with Gasteiger partial charge < -0.3 is 4.74 Å². The van der Waals surface area contributed by atoms with Gasteiger partial charge in [-0.15, -0.1) is 0 Å². The van der Waals surface area contributed by atoms with E-state index in [1.54, 1.807) is 31.4 Å². The quantitative estimate of drug-likeness (QED) is 0.594. The standard InChI is InChI=1S/C11H8ClNO3/c1-16-8-3-4-9-7(6-8)2-5-10(11(9)12)13(14)15/h2-6H,1H3. The molecule has 0 heterocycles. The molecule has 0 aliphatic carbocycles. The summed E-state index contributed by atoms with van der Waals surface area (Å²) in [6, 6.07) is 8.26. The minimum atomic E-state index is -0.494. The van der Waals surface area contributed by atoms with Crippen molar-refractivity contribution in [2.24, 2.45) is 0 Å². The maximum Gasteiger partial charge on any atom is 0.288 e. The van der Waals surface area contributed by atoms with Crippen LogP contribution in [0.2, 0.25) is 5.02 Å². The van der Waals surface area contributed by atoms with Gasteiger partial charge in [0.2, 0.25) is 0 Å². The smallest absolute Gasteiger partial charge is 0.288 e. The Bertz CT molecular complexity index is 568. The van der Waals surface area contributed by atoms with Gasteiger partial charge >= 0.3 is 0 Å². The number of ether oxygens (including phenoxy) is 1. The van der Waals surface area contributed by atoms with E-state index in [0.717, 1.165) is 5.39 Å². The van der Waals surface area contributed by atoms with Gasteiger partial charge in [0.25, 0.3) is 5.69 Å². The third-order valence-electron chi connectivity index (χ3n) is 2.34. The number of fused-ring (bicyclic) bond motifs is 1. The molecule has 0 aromatic heterocycles. The number of rotatable bonds is 2. The van der Waals surface area contributed by atoms with Gasteiger partial charge in [-0.3, -0.25) is 10.1 Å². The molecule has 0 spiro atoms. The monoisotopic (exact) mass is 237 g/mol. The molecule has 0 atom stereocenters. The Morgan fingerprint density at radius 3 is 2.69 bits per heavy atom. The Labute approximate surface area is 96.5 Å². The fourth-order valence-electron chi connectivity index (χ4n) is 1.53. The Kier molecular flexibility index (Phi) is 2.66. The number of halogens is 1. The zero-order valence-corrected chi connectivity index (χ0v) is 9.19. The lowest BCUT2D eigenvalue weighted by molar-refractivity contribution is -0.384. The summed E-state index contributed by atoms with van der Waals surface area (Å²) in [6.07, 6.45) is 0. The van der Waals surface area contributed by atoms with Crippen LogP contribution in [0.5, 0.6) is 5.75 Å². The lowest BCUT2D eigenvalue weighted by Gasteiger charge is -2.04. The predicted octanol–water partition coefficient (Wildman–Crippen LogP) is 3.41. The molecule has 0 bridgehead atoms. The lowest BCUT2D eigenvalue weighted by atomic mass is 10.1. The van der Waals surface area contributed by atoms with Crippen LogP contribution in [-0.4, -0.2) is 12.0 Å². The fraction of sp³-hybridized carbons (Fsp3) is 0.0909. The molecule has 4 nitrogen and oxygen atoms in total. The van der Waals surface area contributed by atoms with Crippen LogP contribution in [-0.2, 0) is 0 Å². The van der Waals surface area contributed by atoms with Crippen LogP contribution in [0.3, 0.4) is 0 Å². The SMILES string of the molecule is COc1ccc2c(Cl)c([N+](=O)[O-])ccc2c1. The molecule has 0 fully saturated rings. The van der Waals surface area contributed by atoms with E-state index in [1.165, 1.54) is 6.07 Å². The highest BCUT2D eigenvalue weighted by atomic mass is 35.5. The van der Waals surface area contributed by atoms with Gasteiger partial charge in [-0.2, -0.15) is 0 Å². The Morgan fingerprint density at radius 2 is 2.06 bits per heavy atom. The summed E-state index contributed by atoms with van der Waals surface area (Å²) in [7, 11) is 1.56. The zero-order valence-electron chi connectivity index (χ0n) is 8.44. The third kappa shape index (κ3) is 1.67. The van der Waals surface area contributed by atoms with Gasteiger partial charge in [0.15, 0.2) is 0 Å². The molecular formula is C11H8ClNO3. The van der Waals surface area contributed by atoms with E-state index >= 15 is 0 Å². The van der Waals surface area contributed by atoms with Crippen LogP contribution in [0, 0.1) is 10.1 Å². The molecule has 0 saturated heterocycles. The van der Waals surface area contributed by atoms with E-state index in [9.17, 15) is 10.1 Å². The normalized spacial score (nSPS) is 10.4. The number of nitrogens with zero attached hydrogens (tertiary/aromatic N) is 1. The first-order valence-corrected chi connectivity index (χ1v) is 4.92. The summed E-state index contributed by atoms with van der Waals surface area (Å²) in [5, 5.41) is 12.3. The molecule has 2 rings (SSSR count). The number of nitro benzene ring substituents is 1. The van der Waals surface area contributed by atoms with E-state index in [4.69, 9.17) is 16.3 Å². The number of nitro groups is 1. The topological polar surface area (TPSA) is 52.4 Å². The van der Waals surface area contributed by atoms with Crippen LogP contribution in [0.1, 0.15) is 0 Å². The van der Waals surface area contributed by atoms with Crippen LogP contribution >= 0.6 is 11.6 Å². The van der Waals surface area contributed by atoms with Crippen molar-refractivity contribution in [2.45, 2.75) is 0 Å². The second-order valence-electron chi connectivity index (χ2n) is 3.24. The largest absolute Gasteiger partial charge is 0.497 e. The average molecular weight is 238 g/mol. The molecule has 0 radical (unpaired) electrons. The summed E-state index contributed by atoms with van der Waals surface area (Å²) in [4.78, 5) is 10.2. The van der Waals surface area contributed by atoms with Gasteiger partial charge in [0.05, 0.1) is 12.0 Å². The predicted molar refractivity (Wildman–Crippen MR) is 62.2 cm³/mol. The Morgan fingerprint density at radius 1 is 1.31 bits per heavy atom. The maximum absolute atomic E-state index is 10.7. The van der Waals surface area contributed by atoms with Gasteiger partial charge in [-0.25, -0.2) is 0 Å². The van der Waals surface area contributed by atoms with Crippen molar-refractivity contribution >= 4 is 28.1 Å². The van der Waals surface area contributed by atoms with Crippen molar-refractivity contribution < 1.29 is 9.66 Å². The minimum Gasteiger partial charge on any atom is -0.497 e. The minimum absolute atomic E-state index is 0.0840. The first kappa shape index (κ1) is 10.7. The van der Waals surface area contributed by atoms with Gasteiger partial charge in [0, 0.05) is 11.5 Å². The van der Waals surface area contributed by atoms with E-state index < -0.39 is 4.92 Å². The van der Waals surface area contributed by atoms with E-state index in [2.05, 4.69) is 0 Å². The number of hydrogen-bond acceptors (Lipinski definition) is 3. The molecule has 2 aromatic rings. The van der Waals surface area contributed by atoms with Gasteiger partial charge in [-0.1, -0.05) is 11.6 Å². The molecule has 0 aliphatic heterocycles. The number of hydrogen-bond donors (Lipinski definition) is 0. The molecule has 2 aromatic carbocycles. The molecule has 0 saturated carbocycles. The highest BCUT2D eigenvalue weighted by Gasteiger charge is 2.14. The fourth-order valence-corrected chi connectivity index (χ4v) is 1.83. The number of benzene rings is 2. The second-order valence-corrected chi connectivity index (χ2v) is 3.62. The molecular weight excluding hydrogens is 230 g/mol. The lowest BCUT2D eigenvalue weighted by Crippen LogP contribution is -1.90. The summed E-state index contributed by atoms with van der Waals surface area (Å²) in [5.74, 6) is 0.692. The summed E-state index contributed by atoms with van der Waals surface area (Å²) in [5.41, 5.74) is -0.0840. The molecule has 0 unspecified atom stereocenters. The van der Waals surface area contributed by atoms with Crippen molar-refractivity contribution in [3.63, 3.8) is 0 Å². The van der Waals surface area contributed by atoms with Crippen molar-refractivity contribution in [1.82, 2.24) is 0 Å². The summed E-state index contributed by atoms with van der Waals surface area (Å²) < 4.78 is 5.06. The zero-order chi connectivity index (χ0) is 11.7. The first-order valence-electron chi connectivity index (χ1n) is 4.54. The molecule has 0 N–H and O–H groups in total. The maximum atomic E-state index is 10.7. The van der Waals surface area contributed by atoms with E-state index in [1.807, 2.05) is 0 Å². The van der Waals surface area contributed by atoms with E-state index in [-0.39, 0.29) is 10.7 Å². The number of methoxy groups -OCH3 is 1. The molecule has 16 heavy (non-hydrogen) atoms. The van der Waals surface area contributed by atoms with Gasteiger partial charge in [-0.05, 0) is 29.7 Å². The highest BCUT2D eigenvalue weighted by Crippen LogP contribution is 2.33. The van der Waals surface area contributed by atoms with Crippen molar-refractivity contribution in [2.75, 3.05) is 7.11 Å². The highest BCUT2D eigenvalue weighted by molar-refractivity contribution is 6.37. The Hall–Kier alpha value is -1.81. The first-order chi connectivity index (χ1) is 7.63. The second kappa shape index (κ2) is 3.98. The van der Waals surface area contributed by atoms with Crippen LogP contribution in [0.15, 0.2) is 30.3 Å². The average Bonchev–Trinajstić information content (AvgIpc) is 2.28.